The van der Waals surface area contributed by atoms with Crippen LogP contribution in [0.15, 0.2) is 48.5 Å². The number of amides is 1. The van der Waals surface area contributed by atoms with E-state index in [1.165, 1.54) is 7.11 Å². The normalized spacial score (nSPS) is 23.4. The molecule has 35 heavy (non-hydrogen) atoms. The maximum Gasteiger partial charge on any atom is 0.306 e. The highest BCUT2D eigenvalue weighted by molar-refractivity contribution is 7.99. The molecule has 3 rings (SSSR count). The van der Waals surface area contributed by atoms with E-state index in [1.807, 2.05) is 61.2 Å². The number of piperidine rings is 1. The molecule has 1 heterocycles. The zero-order valence-corrected chi connectivity index (χ0v) is 23.4. The van der Waals surface area contributed by atoms with Crippen LogP contribution in [-0.4, -0.2) is 40.9 Å². The monoisotopic (exact) mass is 535 g/mol. The molecule has 2 aromatic rings. The first-order valence-corrected chi connectivity index (χ1v) is 13.9. The molecule has 1 aliphatic heterocycles. The molecule has 0 spiro atoms. The van der Waals surface area contributed by atoms with Gasteiger partial charge in [-0.1, -0.05) is 75.2 Å². The topological polar surface area (TPSA) is 46.6 Å². The van der Waals surface area contributed by atoms with Crippen molar-refractivity contribution < 1.29 is 14.3 Å². The van der Waals surface area contributed by atoms with E-state index in [9.17, 15) is 9.59 Å². The van der Waals surface area contributed by atoms with E-state index in [0.717, 1.165) is 23.3 Å². The lowest BCUT2D eigenvalue weighted by Crippen LogP contribution is -2.56. The molecule has 0 unspecified atom stereocenters. The van der Waals surface area contributed by atoms with Crippen molar-refractivity contribution >= 4 is 46.8 Å². The van der Waals surface area contributed by atoms with Gasteiger partial charge in [0, 0.05) is 27.8 Å². The molecule has 2 aromatic carbocycles. The standard InChI is InChI=1S/C28H35Cl2NO3S/c1-6-23(17-35-18(2)3)31-26(19-10-12-21(29)13-11-19)24(20-8-7-9-22(30)14-20)15-28(4,27(31)33)16-25(32)34-5/h7-14,18,23-24,26H,6,15-17H2,1-5H3/t23-,24+,26+,28-/m0/s1. The summed E-state index contributed by atoms with van der Waals surface area (Å²) in [6.45, 7) is 8.36. The van der Waals surface area contributed by atoms with Crippen molar-refractivity contribution in [2.24, 2.45) is 5.41 Å². The van der Waals surface area contributed by atoms with Crippen LogP contribution in [-0.2, 0) is 14.3 Å². The largest absolute Gasteiger partial charge is 0.469 e. The third-order valence-corrected chi connectivity index (χ3v) is 8.57. The van der Waals surface area contributed by atoms with Gasteiger partial charge in [-0.15, -0.1) is 0 Å². The molecule has 1 fully saturated rings. The highest BCUT2D eigenvalue weighted by atomic mass is 35.5. The number of ether oxygens (including phenoxy) is 1. The smallest absolute Gasteiger partial charge is 0.306 e. The zero-order chi connectivity index (χ0) is 25.8. The quantitative estimate of drug-likeness (QED) is 0.311. The molecular formula is C28H35Cl2NO3S. The first-order chi connectivity index (χ1) is 16.6. The van der Waals surface area contributed by atoms with Crippen LogP contribution in [0.2, 0.25) is 10.0 Å². The molecule has 4 nitrogen and oxygen atoms in total. The third kappa shape index (κ3) is 6.55. The summed E-state index contributed by atoms with van der Waals surface area (Å²) in [7, 11) is 1.37. The van der Waals surface area contributed by atoms with Gasteiger partial charge in [0.2, 0.25) is 5.91 Å². The number of benzene rings is 2. The van der Waals surface area contributed by atoms with Gasteiger partial charge in [-0.2, -0.15) is 11.8 Å². The minimum absolute atomic E-state index is 0.00247. The minimum Gasteiger partial charge on any atom is -0.469 e. The molecule has 7 heteroatoms. The van der Waals surface area contributed by atoms with E-state index < -0.39 is 5.41 Å². The average Bonchev–Trinajstić information content (AvgIpc) is 2.82. The summed E-state index contributed by atoms with van der Waals surface area (Å²) in [5, 5.41) is 1.75. The van der Waals surface area contributed by atoms with E-state index >= 15 is 0 Å². The fraction of sp³-hybridized carbons (Fsp3) is 0.500. The van der Waals surface area contributed by atoms with Crippen molar-refractivity contribution in [3.63, 3.8) is 0 Å². The van der Waals surface area contributed by atoms with Gasteiger partial charge in [0.1, 0.15) is 0 Å². The number of hydrogen-bond acceptors (Lipinski definition) is 4. The maximum atomic E-state index is 14.3. The molecule has 0 N–H and O–H groups in total. The van der Waals surface area contributed by atoms with Crippen molar-refractivity contribution in [2.75, 3.05) is 12.9 Å². The lowest BCUT2D eigenvalue weighted by Gasteiger charge is -2.52. The van der Waals surface area contributed by atoms with E-state index in [0.29, 0.717) is 21.7 Å². The van der Waals surface area contributed by atoms with Gasteiger partial charge in [0.05, 0.1) is 25.0 Å². The third-order valence-electron chi connectivity index (χ3n) is 6.84. The van der Waals surface area contributed by atoms with Crippen LogP contribution in [0.25, 0.3) is 0 Å². The van der Waals surface area contributed by atoms with Crippen LogP contribution < -0.4 is 0 Å². The predicted octanol–water partition coefficient (Wildman–Crippen LogP) is 7.54. The van der Waals surface area contributed by atoms with Crippen LogP contribution in [0.5, 0.6) is 0 Å². The minimum atomic E-state index is -0.890. The number of nitrogens with zero attached hydrogens (tertiary/aromatic N) is 1. The SMILES string of the molecule is CC[C@@H](CSC(C)C)N1C(=O)[C@](C)(CC(=O)OC)C[C@H](c2cccc(Cl)c2)[C@H]1c1ccc(Cl)cc1. The Morgan fingerprint density at radius 1 is 1.14 bits per heavy atom. The molecule has 0 aromatic heterocycles. The van der Waals surface area contributed by atoms with Crippen LogP contribution in [0.4, 0.5) is 0 Å². The van der Waals surface area contributed by atoms with Crippen LogP contribution in [0.1, 0.15) is 70.0 Å². The summed E-state index contributed by atoms with van der Waals surface area (Å²) in [6, 6.07) is 15.4. The molecule has 1 saturated heterocycles. The first kappa shape index (κ1) is 27.9. The zero-order valence-electron chi connectivity index (χ0n) is 21.1. The Hall–Kier alpha value is -1.69. The molecule has 0 radical (unpaired) electrons. The molecule has 0 saturated carbocycles. The Bertz CT molecular complexity index is 1030. The van der Waals surface area contributed by atoms with Crippen LogP contribution >= 0.6 is 35.0 Å². The number of esters is 1. The highest BCUT2D eigenvalue weighted by Gasteiger charge is 2.52. The molecule has 4 atom stereocenters. The summed E-state index contributed by atoms with van der Waals surface area (Å²) in [4.78, 5) is 28.8. The van der Waals surface area contributed by atoms with Gasteiger partial charge < -0.3 is 9.64 Å². The van der Waals surface area contributed by atoms with Crippen molar-refractivity contribution in [3.8, 4) is 0 Å². The second kappa shape index (κ2) is 12.0. The lowest BCUT2D eigenvalue weighted by molar-refractivity contribution is -0.161. The molecule has 1 amide bonds. The Morgan fingerprint density at radius 2 is 1.83 bits per heavy atom. The van der Waals surface area contributed by atoms with E-state index in [4.69, 9.17) is 27.9 Å². The van der Waals surface area contributed by atoms with Gasteiger partial charge in [-0.05, 0) is 53.5 Å². The molecule has 0 bridgehead atoms. The van der Waals surface area contributed by atoms with Gasteiger partial charge in [0.25, 0.3) is 0 Å². The second-order valence-electron chi connectivity index (χ2n) is 9.83. The van der Waals surface area contributed by atoms with Crippen LogP contribution in [0, 0.1) is 5.41 Å². The molecule has 1 aliphatic rings. The summed E-state index contributed by atoms with van der Waals surface area (Å²) in [5.74, 6) is 0.387. The summed E-state index contributed by atoms with van der Waals surface area (Å²) >= 11 is 14.5. The van der Waals surface area contributed by atoms with Gasteiger partial charge in [-0.25, -0.2) is 0 Å². The Morgan fingerprint density at radius 3 is 2.40 bits per heavy atom. The van der Waals surface area contributed by atoms with Gasteiger partial charge in [0.15, 0.2) is 0 Å². The predicted molar refractivity (Wildman–Crippen MR) is 146 cm³/mol. The van der Waals surface area contributed by atoms with Crippen molar-refractivity contribution in [1.82, 2.24) is 4.90 Å². The van der Waals surface area contributed by atoms with E-state index in [2.05, 4.69) is 31.7 Å². The second-order valence-corrected chi connectivity index (χ2v) is 12.3. The number of carbonyl (C=O) groups is 2. The Labute approximate surface area is 223 Å². The molecule has 0 aliphatic carbocycles. The molecule has 190 valence electrons. The average molecular weight is 537 g/mol. The lowest BCUT2D eigenvalue weighted by atomic mass is 9.67. The van der Waals surface area contributed by atoms with Gasteiger partial charge >= 0.3 is 5.97 Å². The highest BCUT2D eigenvalue weighted by Crippen LogP contribution is 2.52. The number of likely N-dealkylation sites (tertiary alicyclic amines) is 1. The van der Waals surface area contributed by atoms with E-state index in [1.54, 1.807) is 0 Å². The number of carbonyl (C=O) groups excluding carboxylic acids is 2. The summed E-state index contributed by atoms with van der Waals surface area (Å²) in [5.41, 5.74) is 1.19. The summed E-state index contributed by atoms with van der Waals surface area (Å²) < 4.78 is 5.00. The fourth-order valence-corrected chi connectivity index (χ4v) is 6.36. The number of rotatable bonds is 9. The number of halogens is 2. The van der Waals surface area contributed by atoms with Gasteiger partial charge in [-0.3, -0.25) is 9.59 Å². The van der Waals surface area contributed by atoms with Crippen molar-refractivity contribution in [3.05, 3.63) is 69.7 Å². The van der Waals surface area contributed by atoms with E-state index in [-0.39, 0.29) is 36.3 Å². The Balaban J connectivity index is 2.20. The number of hydrogen-bond donors (Lipinski definition) is 0. The fourth-order valence-electron chi connectivity index (χ4n) is 5.04. The molecular weight excluding hydrogens is 501 g/mol. The first-order valence-electron chi connectivity index (χ1n) is 12.1. The summed E-state index contributed by atoms with van der Waals surface area (Å²) in [6.07, 6.45) is 1.36. The Kier molecular flexibility index (Phi) is 9.59. The number of thioether (sulfide) groups is 1. The van der Waals surface area contributed by atoms with Crippen molar-refractivity contribution in [2.45, 2.75) is 70.2 Å². The van der Waals surface area contributed by atoms with Crippen molar-refractivity contribution in [1.29, 1.82) is 0 Å². The number of methoxy groups -OCH3 is 1. The maximum absolute atomic E-state index is 14.3. The van der Waals surface area contributed by atoms with Crippen LogP contribution in [0.3, 0.4) is 0 Å².